The van der Waals surface area contributed by atoms with Gasteiger partial charge in [-0.15, -0.1) is 6.58 Å². The first kappa shape index (κ1) is 11.5. The minimum absolute atomic E-state index is 0.0123. The van der Waals surface area contributed by atoms with Crippen LogP contribution in [0.25, 0.3) is 0 Å². The third-order valence-electron chi connectivity index (χ3n) is 2.71. The molecular weight excluding hydrogens is 218 g/mol. The van der Waals surface area contributed by atoms with Crippen molar-refractivity contribution in [3.8, 4) is 0 Å². The number of rotatable bonds is 4. The molecule has 1 aromatic carbocycles. The minimum Gasteiger partial charge on any atom is -0.391 e. The standard InChI is InChI=1S/C13H13NO3/c1-2-5-9(15)8-14-12(16)10-6-3-4-7-11(10)13(14)17/h2-4,6-7,9,15H,1,5,8H2/t9-/m0/s1. The van der Waals surface area contributed by atoms with Crippen LogP contribution < -0.4 is 0 Å². The fraction of sp³-hybridized carbons (Fsp3) is 0.231. The van der Waals surface area contributed by atoms with Gasteiger partial charge in [-0.05, 0) is 18.6 Å². The normalized spacial score (nSPS) is 15.9. The van der Waals surface area contributed by atoms with Crippen LogP contribution in [0.5, 0.6) is 0 Å². The van der Waals surface area contributed by atoms with E-state index >= 15 is 0 Å². The molecular formula is C13H13NO3. The molecule has 0 aliphatic carbocycles. The van der Waals surface area contributed by atoms with E-state index in [1.54, 1.807) is 30.3 Å². The summed E-state index contributed by atoms with van der Waals surface area (Å²) in [5, 5.41) is 9.61. The number of benzene rings is 1. The van der Waals surface area contributed by atoms with E-state index in [0.29, 0.717) is 17.5 Å². The Morgan fingerprint density at radius 2 is 1.76 bits per heavy atom. The third-order valence-corrected chi connectivity index (χ3v) is 2.71. The van der Waals surface area contributed by atoms with Crippen LogP contribution in [0.15, 0.2) is 36.9 Å². The molecule has 0 spiro atoms. The van der Waals surface area contributed by atoms with Gasteiger partial charge < -0.3 is 5.11 Å². The summed E-state index contributed by atoms with van der Waals surface area (Å²) in [4.78, 5) is 24.9. The Morgan fingerprint density at radius 1 is 1.24 bits per heavy atom. The molecule has 1 aliphatic heterocycles. The predicted molar refractivity (Wildman–Crippen MR) is 62.6 cm³/mol. The first-order valence-corrected chi connectivity index (χ1v) is 5.39. The van der Waals surface area contributed by atoms with E-state index in [-0.39, 0.29) is 18.4 Å². The van der Waals surface area contributed by atoms with Crippen LogP contribution in [-0.4, -0.2) is 34.5 Å². The molecule has 2 amide bonds. The lowest BCUT2D eigenvalue weighted by atomic mass is 10.1. The molecule has 0 radical (unpaired) electrons. The van der Waals surface area contributed by atoms with Crippen molar-refractivity contribution >= 4 is 11.8 Å². The summed E-state index contributed by atoms with van der Waals surface area (Å²) >= 11 is 0. The maximum Gasteiger partial charge on any atom is 0.261 e. The number of carbonyl (C=O) groups is 2. The zero-order valence-corrected chi connectivity index (χ0v) is 9.30. The second-order valence-electron chi connectivity index (χ2n) is 3.94. The van der Waals surface area contributed by atoms with Gasteiger partial charge in [-0.1, -0.05) is 18.2 Å². The topological polar surface area (TPSA) is 57.6 Å². The Balaban J connectivity index is 2.21. The second-order valence-corrected chi connectivity index (χ2v) is 3.94. The SMILES string of the molecule is C=CC[C@H](O)CN1C(=O)c2ccccc2C1=O. The van der Waals surface area contributed by atoms with Crippen LogP contribution in [-0.2, 0) is 0 Å². The summed E-state index contributed by atoms with van der Waals surface area (Å²) in [5.74, 6) is -0.678. The first-order chi connectivity index (χ1) is 8.15. The molecule has 1 aliphatic rings. The fourth-order valence-corrected chi connectivity index (χ4v) is 1.88. The number of aliphatic hydroxyl groups excluding tert-OH is 1. The molecule has 17 heavy (non-hydrogen) atoms. The summed E-state index contributed by atoms with van der Waals surface area (Å²) in [7, 11) is 0. The van der Waals surface area contributed by atoms with Crippen molar-refractivity contribution in [2.24, 2.45) is 0 Å². The Morgan fingerprint density at radius 3 is 2.24 bits per heavy atom. The number of β-amino-alcohol motifs (C(OH)–C–C–N with tert-alkyl or cyclic N) is 1. The summed E-state index contributed by atoms with van der Waals surface area (Å²) in [6, 6.07) is 6.67. The fourth-order valence-electron chi connectivity index (χ4n) is 1.88. The van der Waals surface area contributed by atoms with Crippen LogP contribution in [0.4, 0.5) is 0 Å². The lowest BCUT2D eigenvalue weighted by Gasteiger charge is -2.17. The van der Waals surface area contributed by atoms with Gasteiger partial charge in [-0.25, -0.2) is 0 Å². The number of aliphatic hydroxyl groups is 1. The Kier molecular flexibility index (Phi) is 3.06. The van der Waals surface area contributed by atoms with Crippen molar-refractivity contribution in [3.05, 3.63) is 48.0 Å². The predicted octanol–water partition coefficient (Wildman–Crippen LogP) is 1.22. The lowest BCUT2D eigenvalue weighted by molar-refractivity contribution is 0.0547. The van der Waals surface area contributed by atoms with E-state index in [4.69, 9.17) is 0 Å². The van der Waals surface area contributed by atoms with Gasteiger partial charge in [0.2, 0.25) is 0 Å². The van der Waals surface area contributed by atoms with Crippen LogP contribution in [0.1, 0.15) is 27.1 Å². The van der Waals surface area contributed by atoms with E-state index < -0.39 is 6.10 Å². The molecule has 1 atom stereocenters. The molecule has 4 nitrogen and oxygen atoms in total. The maximum atomic E-state index is 11.9. The van der Waals surface area contributed by atoms with E-state index in [1.165, 1.54) is 0 Å². The summed E-state index contributed by atoms with van der Waals surface area (Å²) in [6.07, 6.45) is 1.16. The zero-order valence-electron chi connectivity index (χ0n) is 9.30. The highest BCUT2D eigenvalue weighted by molar-refractivity contribution is 6.21. The molecule has 0 aromatic heterocycles. The summed E-state index contributed by atoms with van der Waals surface area (Å²) in [6.45, 7) is 3.52. The smallest absolute Gasteiger partial charge is 0.261 e. The van der Waals surface area contributed by atoms with E-state index in [0.717, 1.165) is 4.90 Å². The molecule has 2 rings (SSSR count). The molecule has 0 bridgehead atoms. The average Bonchev–Trinajstić information content (AvgIpc) is 2.56. The molecule has 0 fully saturated rings. The third kappa shape index (κ3) is 1.99. The Labute approximate surface area is 99.2 Å². The second kappa shape index (κ2) is 4.51. The number of nitrogens with zero attached hydrogens (tertiary/aromatic N) is 1. The van der Waals surface area contributed by atoms with Gasteiger partial charge in [0.15, 0.2) is 0 Å². The van der Waals surface area contributed by atoms with Crippen molar-refractivity contribution in [2.75, 3.05) is 6.54 Å². The minimum atomic E-state index is -0.755. The Bertz CT molecular complexity index is 446. The van der Waals surface area contributed by atoms with E-state index in [2.05, 4.69) is 6.58 Å². The molecule has 1 aromatic rings. The van der Waals surface area contributed by atoms with Gasteiger partial charge in [-0.3, -0.25) is 14.5 Å². The molecule has 0 saturated heterocycles. The van der Waals surface area contributed by atoms with Crippen LogP contribution in [0, 0.1) is 0 Å². The van der Waals surface area contributed by atoms with Crippen LogP contribution >= 0.6 is 0 Å². The summed E-state index contributed by atoms with van der Waals surface area (Å²) < 4.78 is 0. The number of amides is 2. The number of carbonyl (C=O) groups excluding carboxylic acids is 2. The average molecular weight is 231 g/mol. The highest BCUT2D eigenvalue weighted by Gasteiger charge is 2.35. The van der Waals surface area contributed by atoms with Gasteiger partial charge in [0.25, 0.3) is 11.8 Å². The molecule has 0 saturated carbocycles. The van der Waals surface area contributed by atoms with Crippen molar-refractivity contribution in [1.82, 2.24) is 4.90 Å². The highest BCUT2D eigenvalue weighted by Crippen LogP contribution is 2.22. The zero-order chi connectivity index (χ0) is 12.4. The monoisotopic (exact) mass is 231 g/mol. The van der Waals surface area contributed by atoms with E-state index in [9.17, 15) is 14.7 Å². The van der Waals surface area contributed by atoms with Crippen molar-refractivity contribution in [1.29, 1.82) is 0 Å². The van der Waals surface area contributed by atoms with Gasteiger partial charge in [0.1, 0.15) is 0 Å². The molecule has 1 N–H and O–H groups in total. The van der Waals surface area contributed by atoms with Gasteiger partial charge in [0, 0.05) is 0 Å². The van der Waals surface area contributed by atoms with Crippen LogP contribution in [0.2, 0.25) is 0 Å². The largest absolute Gasteiger partial charge is 0.391 e. The maximum absolute atomic E-state index is 11.9. The van der Waals surface area contributed by atoms with E-state index in [1.807, 2.05) is 0 Å². The number of fused-ring (bicyclic) bond motifs is 1. The van der Waals surface area contributed by atoms with Gasteiger partial charge in [0.05, 0.1) is 23.8 Å². The first-order valence-electron chi connectivity index (χ1n) is 5.39. The molecule has 1 heterocycles. The van der Waals surface area contributed by atoms with Crippen molar-refractivity contribution in [2.45, 2.75) is 12.5 Å². The van der Waals surface area contributed by atoms with Gasteiger partial charge >= 0.3 is 0 Å². The molecule has 88 valence electrons. The van der Waals surface area contributed by atoms with Crippen molar-refractivity contribution < 1.29 is 14.7 Å². The Hall–Kier alpha value is -1.94. The number of hydrogen-bond acceptors (Lipinski definition) is 3. The van der Waals surface area contributed by atoms with Crippen LogP contribution in [0.3, 0.4) is 0 Å². The molecule has 4 heteroatoms. The highest BCUT2D eigenvalue weighted by atomic mass is 16.3. The summed E-state index contributed by atoms with van der Waals surface area (Å²) in [5.41, 5.74) is 0.812. The quantitative estimate of drug-likeness (QED) is 0.626. The van der Waals surface area contributed by atoms with Crippen molar-refractivity contribution in [3.63, 3.8) is 0 Å². The lowest BCUT2D eigenvalue weighted by Crippen LogP contribution is -2.36. The molecule has 0 unspecified atom stereocenters. The number of hydrogen-bond donors (Lipinski definition) is 1. The van der Waals surface area contributed by atoms with Gasteiger partial charge in [-0.2, -0.15) is 0 Å². The number of imide groups is 1.